The van der Waals surface area contributed by atoms with Gasteiger partial charge in [0.25, 0.3) is 0 Å². The van der Waals surface area contributed by atoms with E-state index in [0.717, 1.165) is 0 Å². The Balaban J connectivity index is 2.06. The standard InChI is InChI=1S/C20H24N2O6S/c1-5-28-18-11-10-17(12-13(18)2)29(25,26)22-14(3)19(23)21-16-8-6-15(7-9-16)20(24)27-4/h6-12,14,22H,5H2,1-4H3,(H,21,23)/t14-/m0/s1. The second kappa shape index (κ2) is 9.53. The fourth-order valence-electron chi connectivity index (χ4n) is 2.52. The Morgan fingerprint density at radius 2 is 1.76 bits per heavy atom. The van der Waals surface area contributed by atoms with Gasteiger partial charge in [0.1, 0.15) is 5.75 Å². The van der Waals surface area contributed by atoms with Crippen molar-refractivity contribution in [2.45, 2.75) is 31.7 Å². The number of carbonyl (C=O) groups is 2. The lowest BCUT2D eigenvalue weighted by atomic mass is 10.2. The van der Waals surface area contributed by atoms with Gasteiger partial charge in [-0.15, -0.1) is 0 Å². The van der Waals surface area contributed by atoms with Gasteiger partial charge in [-0.05, 0) is 68.8 Å². The topological polar surface area (TPSA) is 111 Å². The van der Waals surface area contributed by atoms with Crippen molar-refractivity contribution in [2.24, 2.45) is 0 Å². The summed E-state index contributed by atoms with van der Waals surface area (Å²) in [6.07, 6.45) is 0. The summed E-state index contributed by atoms with van der Waals surface area (Å²) >= 11 is 0. The van der Waals surface area contributed by atoms with Crippen molar-refractivity contribution >= 4 is 27.6 Å². The molecule has 0 saturated carbocycles. The van der Waals surface area contributed by atoms with Crippen molar-refractivity contribution in [1.29, 1.82) is 0 Å². The quantitative estimate of drug-likeness (QED) is 0.635. The zero-order valence-electron chi connectivity index (χ0n) is 16.7. The van der Waals surface area contributed by atoms with Crippen molar-refractivity contribution < 1.29 is 27.5 Å². The minimum atomic E-state index is -3.90. The van der Waals surface area contributed by atoms with Crippen molar-refractivity contribution in [3.8, 4) is 5.75 Å². The minimum Gasteiger partial charge on any atom is -0.494 e. The lowest BCUT2D eigenvalue weighted by Gasteiger charge is -2.15. The van der Waals surface area contributed by atoms with E-state index in [1.54, 1.807) is 13.0 Å². The van der Waals surface area contributed by atoms with Crippen LogP contribution in [0.1, 0.15) is 29.8 Å². The highest BCUT2D eigenvalue weighted by atomic mass is 32.2. The molecular weight excluding hydrogens is 396 g/mol. The molecule has 0 heterocycles. The van der Waals surface area contributed by atoms with Gasteiger partial charge in [-0.25, -0.2) is 13.2 Å². The number of amides is 1. The number of sulfonamides is 1. The fraction of sp³-hybridized carbons (Fsp3) is 0.300. The summed E-state index contributed by atoms with van der Waals surface area (Å²) in [6.45, 7) is 5.51. The number of benzene rings is 2. The van der Waals surface area contributed by atoms with Crippen LogP contribution in [0.3, 0.4) is 0 Å². The van der Waals surface area contributed by atoms with Crippen LogP contribution < -0.4 is 14.8 Å². The van der Waals surface area contributed by atoms with Gasteiger partial charge in [0.05, 0.1) is 30.2 Å². The number of rotatable bonds is 8. The van der Waals surface area contributed by atoms with Crippen LogP contribution in [0.5, 0.6) is 5.75 Å². The molecule has 0 unspecified atom stereocenters. The normalized spacial score (nSPS) is 12.1. The van der Waals surface area contributed by atoms with Gasteiger partial charge in [-0.2, -0.15) is 4.72 Å². The maximum absolute atomic E-state index is 12.6. The lowest BCUT2D eigenvalue weighted by molar-refractivity contribution is -0.117. The molecule has 156 valence electrons. The number of aryl methyl sites for hydroxylation is 1. The second-order valence-corrected chi connectivity index (χ2v) is 7.98. The third-order valence-electron chi connectivity index (χ3n) is 4.06. The number of ether oxygens (including phenoxy) is 2. The average molecular weight is 420 g/mol. The van der Waals surface area contributed by atoms with E-state index in [1.165, 1.54) is 50.4 Å². The van der Waals surface area contributed by atoms with Crippen LogP contribution in [0.4, 0.5) is 5.69 Å². The van der Waals surface area contributed by atoms with Gasteiger partial charge in [-0.1, -0.05) is 0 Å². The molecule has 0 radical (unpaired) electrons. The number of nitrogens with one attached hydrogen (secondary N) is 2. The SMILES string of the molecule is CCOc1ccc(S(=O)(=O)N[C@@H](C)C(=O)Nc2ccc(C(=O)OC)cc2)cc1C. The first kappa shape index (κ1) is 22.4. The molecule has 0 bridgehead atoms. The molecule has 0 aliphatic carbocycles. The van der Waals surface area contributed by atoms with E-state index in [2.05, 4.69) is 14.8 Å². The molecule has 8 nitrogen and oxygen atoms in total. The third-order valence-corrected chi connectivity index (χ3v) is 5.59. The summed E-state index contributed by atoms with van der Waals surface area (Å²) in [5.74, 6) is -0.427. The Labute approximate surface area is 170 Å². The number of carbonyl (C=O) groups excluding carboxylic acids is 2. The van der Waals surface area contributed by atoms with Crippen LogP contribution in [-0.2, 0) is 19.6 Å². The molecule has 0 saturated heterocycles. The van der Waals surface area contributed by atoms with Crippen LogP contribution in [-0.4, -0.2) is 40.1 Å². The monoisotopic (exact) mass is 420 g/mol. The molecule has 0 aliphatic rings. The van der Waals surface area contributed by atoms with E-state index >= 15 is 0 Å². The van der Waals surface area contributed by atoms with E-state index in [4.69, 9.17) is 4.74 Å². The average Bonchev–Trinajstić information content (AvgIpc) is 2.69. The highest BCUT2D eigenvalue weighted by Gasteiger charge is 2.23. The van der Waals surface area contributed by atoms with Crippen molar-refractivity contribution in [3.63, 3.8) is 0 Å². The number of hydrogen-bond donors (Lipinski definition) is 2. The molecule has 0 aliphatic heterocycles. The van der Waals surface area contributed by atoms with Crippen molar-refractivity contribution in [2.75, 3.05) is 19.0 Å². The highest BCUT2D eigenvalue weighted by Crippen LogP contribution is 2.22. The van der Waals surface area contributed by atoms with E-state index in [-0.39, 0.29) is 4.90 Å². The molecule has 29 heavy (non-hydrogen) atoms. The zero-order valence-corrected chi connectivity index (χ0v) is 17.5. The molecule has 9 heteroatoms. The summed E-state index contributed by atoms with van der Waals surface area (Å²) in [5, 5.41) is 2.60. The third kappa shape index (κ3) is 5.78. The molecule has 1 amide bonds. The van der Waals surface area contributed by atoms with Crippen molar-refractivity contribution in [1.82, 2.24) is 4.72 Å². The summed E-state index contributed by atoms with van der Waals surface area (Å²) < 4.78 is 37.6. The maximum atomic E-state index is 12.6. The Bertz CT molecular complexity index is 987. The van der Waals surface area contributed by atoms with Crippen LogP contribution in [0.15, 0.2) is 47.4 Å². The molecule has 0 aromatic heterocycles. The predicted octanol–water partition coefficient (Wildman–Crippen LogP) is 2.49. The highest BCUT2D eigenvalue weighted by molar-refractivity contribution is 7.89. The summed E-state index contributed by atoms with van der Waals surface area (Å²) in [7, 11) is -2.62. The first-order chi connectivity index (χ1) is 13.7. The van der Waals surface area contributed by atoms with Gasteiger partial charge >= 0.3 is 5.97 Å². The zero-order chi connectivity index (χ0) is 21.6. The lowest BCUT2D eigenvalue weighted by Crippen LogP contribution is -2.41. The van der Waals surface area contributed by atoms with Gasteiger partial charge in [0.15, 0.2) is 0 Å². The molecule has 2 rings (SSSR count). The summed E-state index contributed by atoms with van der Waals surface area (Å²) in [5.41, 5.74) is 1.44. The molecular formula is C20H24N2O6S. The first-order valence-corrected chi connectivity index (χ1v) is 10.4. The second-order valence-electron chi connectivity index (χ2n) is 6.26. The molecule has 1 atom stereocenters. The number of methoxy groups -OCH3 is 1. The molecule has 0 fully saturated rings. The Morgan fingerprint density at radius 3 is 2.31 bits per heavy atom. The Hall–Kier alpha value is -2.91. The van der Waals surface area contributed by atoms with Crippen molar-refractivity contribution in [3.05, 3.63) is 53.6 Å². The van der Waals surface area contributed by atoms with Gasteiger partial charge in [0.2, 0.25) is 15.9 Å². The number of hydrogen-bond acceptors (Lipinski definition) is 6. The van der Waals surface area contributed by atoms with E-state index in [1.807, 2.05) is 6.92 Å². The molecule has 2 aromatic carbocycles. The predicted molar refractivity (Wildman–Crippen MR) is 109 cm³/mol. The smallest absolute Gasteiger partial charge is 0.337 e. The minimum absolute atomic E-state index is 0.0422. The van der Waals surface area contributed by atoms with E-state index < -0.39 is 27.9 Å². The van der Waals surface area contributed by atoms with Crippen LogP contribution in [0.2, 0.25) is 0 Å². The van der Waals surface area contributed by atoms with Gasteiger partial charge in [0, 0.05) is 5.69 Å². The van der Waals surface area contributed by atoms with Gasteiger partial charge < -0.3 is 14.8 Å². The Kier molecular flexibility index (Phi) is 7.35. The van der Waals surface area contributed by atoms with Crippen LogP contribution in [0.25, 0.3) is 0 Å². The maximum Gasteiger partial charge on any atom is 0.337 e. The number of esters is 1. The van der Waals surface area contributed by atoms with E-state index in [9.17, 15) is 18.0 Å². The summed E-state index contributed by atoms with van der Waals surface area (Å²) in [4.78, 5) is 23.8. The van der Waals surface area contributed by atoms with Crippen LogP contribution in [0, 0.1) is 6.92 Å². The van der Waals surface area contributed by atoms with Crippen LogP contribution >= 0.6 is 0 Å². The fourth-order valence-corrected chi connectivity index (χ4v) is 3.81. The molecule has 2 aromatic rings. The first-order valence-electron chi connectivity index (χ1n) is 8.93. The summed E-state index contributed by atoms with van der Waals surface area (Å²) in [6, 6.07) is 9.54. The molecule has 0 spiro atoms. The Morgan fingerprint density at radius 1 is 1.10 bits per heavy atom. The largest absolute Gasteiger partial charge is 0.494 e. The van der Waals surface area contributed by atoms with Gasteiger partial charge in [-0.3, -0.25) is 4.79 Å². The number of anilines is 1. The van der Waals surface area contributed by atoms with E-state index in [0.29, 0.717) is 29.2 Å². The molecule has 2 N–H and O–H groups in total.